The van der Waals surface area contributed by atoms with E-state index in [0.717, 1.165) is 30.4 Å². The molecule has 1 atom stereocenters. The van der Waals surface area contributed by atoms with Crippen molar-refractivity contribution < 1.29 is 4.79 Å². The number of hydrogen-bond acceptors (Lipinski definition) is 1. The first-order valence-corrected chi connectivity index (χ1v) is 9.64. The van der Waals surface area contributed by atoms with E-state index in [2.05, 4.69) is 18.7 Å². The monoisotopic (exact) mass is 342 g/mol. The normalized spacial score (nSPS) is 21.2. The van der Waals surface area contributed by atoms with Gasteiger partial charge < -0.3 is 0 Å². The second-order valence-electron chi connectivity index (χ2n) is 5.20. The molecule has 0 aromatic rings. The Morgan fingerprint density at radius 3 is 2.24 bits per heavy atom. The van der Waals surface area contributed by atoms with Gasteiger partial charge in [0.2, 0.25) is 0 Å². The highest BCUT2D eigenvalue weighted by molar-refractivity contribution is 6.02. The zero-order valence-corrected chi connectivity index (χ0v) is 17.4. The Bertz CT molecular complexity index is 524. The molecule has 0 bridgehead atoms. The summed E-state index contributed by atoms with van der Waals surface area (Å²) < 4.78 is 0. The smallest absolute Gasteiger partial charge is 0.166 e. The van der Waals surface area contributed by atoms with Gasteiger partial charge in [0.25, 0.3) is 0 Å². The highest BCUT2D eigenvalue weighted by Gasteiger charge is 2.28. The number of Topliss-reactive ketones (excluding diaryl/α,β-unsaturated/α-hetero) is 1. The summed E-state index contributed by atoms with van der Waals surface area (Å²) in [6.07, 6.45) is 18.6. The third-order valence-electron chi connectivity index (χ3n) is 3.72. The molecular formula is C24H38O. The number of ketones is 1. The van der Waals surface area contributed by atoms with Gasteiger partial charge in [0.1, 0.15) is 0 Å². The van der Waals surface area contributed by atoms with Crippen molar-refractivity contribution in [1.29, 1.82) is 0 Å². The zero-order chi connectivity index (χ0) is 19.7. The predicted octanol–water partition coefficient (Wildman–Crippen LogP) is 7.55. The first kappa shape index (κ1) is 25.4. The largest absolute Gasteiger partial charge is 0.294 e. The first-order chi connectivity index (χ1) is 12.2. The fraction of sp³-hybridized carbons (Fsp3) is 0.458. The fourth-order valence-electron chi connectivity index (χ4n) is 2.72. The number of hydrogen-bond donors (Lipinski definition) is 0. The van der Waals surface area contributed by atoms with Crippen LogP contribution in [-0.2, 0) is 4.79 Å². The van der Waals surface area contributed by atoms with Crippen LogP contribution in [0.25, 0.3) is 0 Å². The Morgan fingerprint density at radius 2 is 1.76 bits per heavy atom. The first-order valence-electron chi connectivity index (χ1n) is 9.64. The maximum absolute atomic E-state index is 12.7. The van der Waals surface area contributed by atoms with Gasteiger partial charge in [-0.15, -0.1) is 0 Å². The van der Waals surface area contributed by atoms with Gasteiger partial charge in [-0.3, -0.25) is 4.79 Å². The molecule has 1 nitrogen and oxygen atoms in total. The lowest BCUT2D eigenvalue weighted by molar-refractivity contribution is -0.119. The highest BCUT2D eigenvalue weighted by Crippen LogP contribution is 2.33. The van der Waals surface area contributed by atoms with Crippen LogP contribution in [0.4, 0.5) is 0 Å². The van der Waals surface area contributed by atoms with E-state index in [1.165, 1.54) is 5.57 Å². The van der Waals surface area contributed by atoms with Gasteiger partial charge in [-0.05, 0) is 51.2 Å². The molecule has 1 aliphatic carbocycles. The molecule has 0 radical (unpaired) electrons. The maximum Gasteiger partial charge on any atom is 0.166 e. The second kappa shape index (κ2) is 17.0. The number of carbonyl (C=O) groups is 1. The molecule has 25 heavy (non-hydrogen) atoms. The highest BCUT2D eigenvalue weighted by atomic mass is 16.1. The van der Waals surface area contributed by atoms with E-state index in [9.17, 15) is 4.79 Å². The van der Waals surface area contributed by atoms with Gasteiger partial charge in [0, 0.05) is 11.5 Å². The molecule has 0 aromatic carbocycles. The maximum atomic E-state index is 12.7. The van der Waals surface area contributed by atoms with Crippen LogP contribution in [0.5, 0.6) is 0 Å². The van der Waals surface area contributed by atoms with Crippen LogP contribution >= 0.6 is 0 Å². The third kappa shape index (κ3) is 9.24. The van der Waals surface area contributed by atoms with Crippen LogP contribution in [0.3, 0.4) is 0 Å². The molecule has 1 heteroatoms. The van der Waals surface area contributed by atoms with Crippen LogP contribution in [0, 0.1) is 5.92 Å². The minimum atomic E-state index is 0.0846. The van der Waals surface area contributed by atoms with E-state index in [-0.39, 0.29) is 11.7 Å². The molecule has 1 fully saturated rings. The second-order valence-corrected chi connectivity index (χ2v) is 5.20. The number of allylic oxidation sites excluding steroid dienone is 11. The van der Waals surface area contributed by atoms with Crippen molar-refractivity contribution in [3.8, 4) is 0 Å². The summed E-state index contributed by atoms with van der Waals surface area (Å²) >= 11 is 0. The van der Waals surface area contributed by atoms with Crippen LogP contribution in [-0.4, -0.2) is 5.78 Å². The summed E-state index contributed by atoms with van der Waals surface area (Å²) in [5.74, 6) is 0.361. The molecule has 1 unspecified atom stereocenters. The van der Waals surface area contributed by atoms with Crippen molar-refractivity contribution in [2.24, 2.45) is 5.92 Å². The summed E-state index contributed by atoms with van der Waals surface area (Å²) in [5, 5.41) is 0. The average Bonchev–Trinajstić information content (AvgIpc) is 2.65. The van der Waals surface area contributed by atoms with E-state index >= 15 is 0 Å². The fourth-order valence-corrected chi connectivity index (χ4v) is 2.72. The van der Waals surface area contributed by atoms with Gasteiger partial charge in [-0.1, -0.05) is 82.9 Å². The van der Waals surface area contributed by atoms with Gasteiger partial charge in [0.15, 0.2) is 5.78 Å². The third-order valence-corrected chi connectivity index (χ3v) is 3.72. The van der Waals surface area contributed by atoms with Crippen LogP contribution in [0.2, 0.25) is 0 Å². The van der Waals surface area contributed by atoms with Crippen molar-refractivity contribution in [1.82, 2.24) is 0 Å². The molecule has 1 rings (SSSR count). The summed E-state index contributed by atoms with van der Waals surface area (Å²) in [7, 11) is 0. The lowest BCUT2D eigenvalue weighted by atomic mass is 9.77. The van der Waals surface area contributed by atoms with Gasteiger partial charge >= 0.3 is 0 Å². The molecule has 0 amide bonds. The Hall–Kier alpha value is -1.89. The molecular weight excluding hydrogens is 304 g/mol. The molecule has 0 heterocycles. The summed E-state index contributed by atoms with van der Waals surface area (Å²) in [6.45, 7) is 17.7. The standard InChI is InChI=1S/C20H26O.2C2H6/c1-5-9-12-17-13-14-18(20(21)19(17)8-4)15-16(10-6-2)11-7-3;2*1-2/h5-12,18H,2,13-15H2,1,3-4H3;2*1-2H3/b9-5-,11-7-,16-10+,17-12-,19-8+;;. The summed E-state index contributed by atoms with van der Waals surface area (Å²) in [4.78, 5) is 12.7. The SMILES string of the molecule is C=C/C=C(\C=C/C)CC1CCC(=C/C=C\C)/C(=C\C)C1=O.CC.CC. The van der Waals surface area contributed by atoms with E-state index in [4.69, 9.17) is 0 Å². The number of carbonyl (C=O) groups excluding carboxylic acids is 1. The van der Waals surface area contributed by atoms with Gasteiger partial charge in [-0.2, -0.15) is 0 Å². The van der Waals surface area contributed by atoms with Crippen molar-refractivity contribution in [3.05, 3.63) is 71.9 Å². The van der Waals surface area contributed by atoms with Gasteiger partial charge in [-0.25, -0.2) is 0 Å². The average molecular weight is 343 g/mol. The zero-order valence-electron chi connectivity index (χ0n) is 17.4. The quantitative estimate of drug-likeness (QED) is 0.372. The Balaban J connectivity index is 0. The molecule has 1 aliphatic rings. The lowest BCUT2D eigenvalue weighted by Gasteiger charge is -2.25. The summed E-state index contributed by atoms with van der Waals surface area (Å²) in [5.41, 5.74) is 3.22. The van der Waals surface area contributed by atoms with Crippen LogP contribution in [0.1, 0.15) is 67.7 Å². The van der Waals surface area contributed by atoms with E-state index in [1.54, 1.807) is 6.08 Å². The van der Waals surface area contributed by atoms with E-state index < -0.39 is 0 Å². The van der Waals surface area contributed by atoms with Crippen LogP contribution in [0.15, 0.2) is 71.9 Å². The van der Waals surface area contributed by atoms with Crippen molar-refractivity contribution in [2.45, 2.75) is 67.7 Å². The Morgan fingerprint density at radius 1 is 1.12 bits per heavy atom. The molecule has 140 valence electrons. The lowest BCUT2D eigenvalue weighted by Crippen LogP contribution is -2.23. The Kier molecular flexibility index (Phi) is 17.2. The molecule has 0 aliphatic heterocycles. The minimum Gasteiger partial charge on any atom is -0.294 e. The van der Waals surface area contributed by atoms with E-state index in [0.29, 0.717) is 0 Å². The molecule has 0 aromatic heterocycles. The molecule has 0 saturated heterocycles. The Labute approximate surface area is 156 Å². The molecule has 0 N–H and O–H groups in total. The van der Waals surface area contributed by atoms with Crippen molar-refractivity contribution >= 4 is 5.78 Å². The molecule has 0 spiro atoms. The topological polar surface area (TPSA) is 17.1 Å². The number of rotatable bonds is 5. The molecule has 1 saturated carbocycles. The van der Waals surface area contributed by atoms with Crippen molar-refractivity contribution in [3.63, 3.8) is 0 Å². The van der Waals surface area contributed by atoms with Gasteiger partial charge in [0.05, 0.1) is 0 Å². The predicted molar refractivity (Wildman–Crippen MR) is 115 cm³/mol. The minimum absolute atomic E-state index is 0.0846. The van der Waals surface area contributed by atoms with Crippen molar-refractivity contribution in [2.75, 3.05) is 0 Å². The van der Waals surface area contributed by atoms with E-state index in [1.807, 2.05) is 78.8 Å². The van der Waals surface area contributed by atoms with Crippen LogP contribution < -0.4 is 0 Å². The summed E-state index contributed by atoms with van der Waals surface area (Å²) in [6, 6.07) is 0.